The molecule has 1 heterocycles. The second-order valence-corrected chi connectivity index (χ2v) is 13.1. The highest BCUT2D eigenvalue weighted by Crippen LogP contribution is 2.51. The molecule has 1 aliphatic heterocycles. The molecule has 0 saturated carbocycles. The number of carbonyl (C=O) groups excluding carboxylic acids is 2. The van der Waals surface area contributed by atoms with Crippen molar-refractivity contribution in [3.8, 4) is 5.75 Å². The van der Waals surface area contributed by atoms with Gasteiger partial charge in [0.25, 0.3) is 0 Å². The number of phenols is 1. The maximum atomic E-state index is 12.6. The summed E-state index contributed by atoms with van der Waals surface area (Å²) in [6.07, 6.45) is -1.37. The zero-order valence-electron chi connectivity index (χ0n) is 25.4. The van der Waals surface area contributed by atoms with Gasteiger partial charge in [0.05, 0.1) is 5.70 Å². The molecule has 2 atom stereocenters. The summed E-state index contributed by atoms with van der Waals surface area (Å²) in [6, 6.07) is 11.8. The predicted molar refractivity (Wildman–Crippen MR) is 157 cm³/mol. The zero-order valence-corrected chi connectivity index (χ0v) is 25.4. The topological polar surface area (TPSA) is 79.3 Å². The first-order valence-corrected chi connectivity index (χ1v) is 14.1. The molecule has 2 aliphatic rings. The van der Waals surface area contributed by atoms with Crippen molar-refractivity contribution in [1.82, 2.24) is 9.80 Å². The number of fused-ring (bicyclic) bond motifs is 1. The van der Waals surface area contributed by atoms with Crippen LogP contribution in [-0.2, 0) is 29.9 Å². The zero-order chi connectivity index (χ0) is 29.6. The fourth-order valence-electron chi connectivity index (χ4n) is 5.76. The molecule has 0 bridgehead atoms. The molecule has 0 spiro atoms. The van der Waals surface area contributed by atoms with Crippen LogP contribution < -0.4 is 0 Å². The smallest absolute Gasteiger partial charge is 0.303 e. The van der Waals surface area contributed by atoms with Crippen LogP contribution in [0.3, 0.4) is 0 Å². The molecule has 40 heavy (non-hydrogen) atoms. The van der Waals surface area contributed by atoms with Crippen molar-refractivity contribution >= 4 is 17.5 Å². The van der Waals surface area contributed by atoms with Gasteiger partial charge in [0.1, 0.15) is 5.75 Å². The van der Waals surface area contributed by atoms with E-state index in [0.717, 1.165) is 65.3 Å². The minimum atomic E-state index is -0.708. The molecule has 7 heteroatoms. The van der Waals surface area contributed by atoms with Gasteiger partial charge >= 0.3 is 11.9 Å². The molecule has 4 rings (SSSR count). The molecule has 0 radical (unpaired) electrons. The molecule has 7 nitrogen and oxygen atoms in total. The van der Waals surface area contributed by atoms with Crippen molar-refractivity contribution in [3.63, 3.8) is 0 Å². The Balaban J connectivity index is 2.13. The molecular weight excluding hydrogens is 504 g/mol. The fourth-order valence-corrected chi connectivity index (χ4v) is 5.76. The summed E-state index contributed by atoms with van der Waals surface area (Å²) in [4.78, 5) is 29.7. The van der Waals surface area contributed by atoms with Crippen LogP contribution in [0.15, 0.2) is 42.1 Å². The van der Waals surface area contributed by atoms with Gasteiger partial charge in [-0.1, -0.05) is 65.8 Å². The summed E-state index contributed by atoms with van der Waals surface area (Å²) in [5.74, 6) is -0.498. The number of aromatic hydroxyl groups is 1. The number of ether oxygens (including phenoxy) is 2. The predicted octanol–water partition coefficient (Wildman–Crippen LogP) is 5.87. The van der Waals surface area contributed by atoms with Gasteiger partial charge in [-0.25, -0.2) is 0 Å². The Hall–Kier alpha value is -3.32. The number of esters is 2. The van der Waals surface area contributed by atoms with E-state index >= 15 is 0 Å². The van der Waals surface area contributed by atoms with Crippen molar-refractivity contribution in [3.05, 3.63) is 69.9 Å². The number of nitrogens with zero attached hydrogens (tertiary/aromatic N) is 2. The van der Waals surface area contributed by atoms with E-state index in [-0.39, 0.29) is 22.5 Å². The van der Waals surface area contributed by atoms with Gasteiger partial charge in [0, 0.05) is 67.9 Å². The van der Waals surface area contributed by atoms with Crippen molar-refractivity contribution in [2.24, 2.45) is 0 Å². The summed E-state index contributed by atoms with van der Waals surface area (Å²) in [7, 11) is 2.10. The van der Waals surface area contributed by atoms with E-state index in [4.69, 9.17) is 9.47 Å². The molecule has 216 valence electrons. The van der Waals surface area contributed by atoms with E-state index < -0.39 is 18.2 Å². The van der Waals surface area contributed by atoms with Gasteiger partial charge in [-0.2, -0.15) is 0 Å². The first kappa shape index (κ1) is 29.7. The van der Waals surface area contributed by atoms with Crippen LogP contribution in [0.25, 0.3) is 5.57 Å². The van der Waals surface area contributed by atoms with Crippen molar-refractivity contribution in [2.45, 2.75) is 78.4 Å². The number of benzene rings is 2. The van der Waals surface area contributed by atoms with Gasteiger partial charge in [-0.3, -0.25) is 9.59 Å². The van der Waals surface area contributed by atoms with E-state index in [9.17, 15) is 14.7 Å². The summed E-state index contributed by atoms with van der Waals surface area (Å²) < 4.78 is 12.2. The molecule has 2 aromatic rings. The standard InChI is InChI=1S/C33H44N2O5/c1-20(36)39-30-23-12-10-11-13-24(23)31(40-21(2)37)28(35-16-14-34(9)15-17-35)27(30)22-18-25(32(3,4)5)29(38)26(19-22)33(6,7)8/h10-13,18-19,30-31,38H,14-17H2,1-9H3. The van der Waals surface area contributed by atoms with E-state index in [1.807, 2.05) is 36.4 Å². The monoisotopic (exact) mass is 548 g/mol. The van der Waals surface area contributed by atoms with Crippen molar-refractivity contribution in [1.29, 1.82) is 0 Å². The highest BCUT2D eigenvalue weighted by molar-refractivity contribution is 5.82. The molecule has 2 aromatic carbocycles. The first-order valence-electron chi connectivity index (χ1n) is 14.1. The van der Waals surface area contributed by atoms with Crippen molar-refractivity contribution < 1.29 is 24.2 Å². The van der Waals surface area contributed by atoms with Gasteiger partial charge in [0.15, 0.2) is 12.2 Å². The number of likely N-dealkylation sites (N-methyl/N-ethyl adjacent to an activating group) is 1. The Labute approximate surface area is 238 Å². The van der Waals surface area contributed by atoms with E-state index in [0.29, 0.717) is 0 Å². The molecule has 0 amide bonds. The Morgan fingerprint density at radius 2 is 1.25 bits per heavy atom. The van der Waals surface area contributed by atoms with Crippen LogP contribution in [0.1, 0.15) is 95.4 Å². The van der Waals surface area contributed by atoms with Crippen LogP contribution in [-0.4, -0.2) is 60.1 Å². The van der Waals surface area contributed by atoms with Gasteiger partial charge in [0.2, 0.25) is 0 Å². The maximum Gasteiger partial charge on any atom is 0.303 e. The Kier molecular flexibility index (Phi) is 8.10. The number of hydrogen-bond donors (Lipinski definition) is 1. The number of phenolic OH excluding ortho intramolecular Hbond substituents is 1. The Morgan fingerprint density at radius 3 is 1.70 bits per heavy atom. The minimum Gasteiger partial charge on any atom is -0.507 e. The fraction of sp³-hybridized carbons (Fsp3) is 0.515. The van der Waals surface area contributed by atoms with Crippen molar-refractivity contribution in [2.75, 3.05) is 33.2 Å². The third-order valence-electron chi connectivity index (χ3n) is 7.80. The highest BCUT2D eigenvalue weighted by Gasteiger charge is 2.42. The van der Waals surface area contributed by atoms with Gasteiger partial charge in [-0.05, 0) is 35.6 Å². The van der Waals surface area contributed by atoms with Gasteiger partial charge in [-0.15, -0.1) is 0 Å². The summed E-state index contributed by atoms with van der Waals surface area (Å²) in [5.41, 5.74) is 4.99. The largest absolute Gasteiger partial charge is 0.507 e. The lowest BCUT2D eigenvalue weighted by molar-refractivity contribution is -0.148. The molecule has 1 fully saturated rings. The molecule has 1 N–H and O–H groups in total. The molecule has 2 unspecified atom stereocenters. The van der Waals surface area contributed by atoms with E-state index in [1.165, 1.54) is 13.8 Å². The quantitative estimate of drug-likeness (QED) is 0.479. The first-order chi connectivity index (χ1) is 18.6. The van der Waals surface area contributed by atoms with Crippen LogP contribution in [0.5, 0.6) is 5.75 Å². The van der Waals surface area contributed by atoms with Gasteiger partial charge < -0.3 is 24.4 Å². The summed E-state index contributed by atoms with van der Waals surface area (Å²) in [6.45, 7) is 18.5. The SMILES string of the molecule is CC(=O)OC1C(c2cc(C(C)(C)C)c(O)c(C(C)(C)C)c2)=C(N2CCN(C)CC2)C(OC(C)=O)c2ccccc21. The number of piperazine rings is 1. The lowest BCUT2D eigenvalue weighted by Gasteiger charge is -2.43. The third-order valence-corrected chi connectivity index (χ3v) is 7.80. The normalized spacial score (nSPS) is 20.3. The molecule has 1 saturated heterocycles. The second kappa shape index (κ2) is 10.9. The molecule has 1 aliphatic carbocycles. The van der Waals surface area contributed by atoms with Crippen LogP contribution >= 0.6 is 0 Å². The second-order valence-electron chi connectivity index (χ2n) is 13.1. The highest BCUT2D eigenvalue weighted by atomic mass is 16.6. The number of hydrogen-bond acceptors (Lipinski definition) is 7. The summed E-state index contributed by atoms with van der Waals surface area (Å²) in [5, 5.41) is 11.5. The molecular formula is C33H44N2O5. The van der Waals surface area contributed by atoms with E-state index in [1.54, 1.807) is 0 Å². The van der Waals surface area contributed by atoms with Crippen LogP contribution in [0.2, 0.25) is 0 Å². The minimum absolute atomic E-state index is 0.280. The van der Waals surface area contributed by atoms with Crippen LogP contribution in [0.4, 0.5) is 0 Å². The lowest BCUT2D eigenvalue weighted by atomic mass is 9.75. The average molecular weight is 549 g/mol. The Bertz CT molecular complexity index is 1290. The maximum absolute atomic E-state index is 12.6. The lowest BCUT2D eigenvalue weighted by Crippen LogP contribution is -2.46. The molecule has 0 aromatic heterocycles. The third kappa shape index (κ3) is 5.90. The number of rotatable bonds is 4. The Morgan fingerprint density at radius 1 is 0.800 bits per heavy atom. The van der Waals surface area contributed by atoms with Crippen LogP contribution in [0, 0.1) is 0 Å². The van der Waals surface area contributed by atoms with E-state index in [2.05, 4.69) is 58.4 Å². The number of carbonyl (C=O) groups is 2. The average Bonchev–Trinajstić information content (AvgIpc) is 2.84. The summed E-state index contributed by atoms with van der Waals surface area (Å²) >= 11 is 0.